The zero-order chi connectivity index (χ0) is 24.3. The minimum absolute atomic E-state index is 0.253. The van der Waals surface area contributed by atoms with Crippen molar-refractivity contribution < 1.29 is 23.9 Å². The number of carbonyl (C=O) groups excluding carboxylic acids is 3. The lowest BCUT2D eigenvalue weighted by atomic mass is 10.2. The van der Waals surface area contributed by atoms with Gasteiger partial charge in [0.15, 0.2) is 11.5 Å². The van der Waals surface area contributed by atoms with Crippen LogP contribution in [0.3, 0.4) is 0 Å². The highest BCUT2D eigenvalue weighted by Crippen LogP contribution is 2.29. The third kappa shape index (κ3) is 7.18. The molecule has 3 rings (SSSR count). The number of hydrazone groups is 1. The van der Waals surface area contributed by atoms with E-state index in [-0.39, 0.29) is 12.3 Å². The lowest BCUT2D eigenvalue weighted by molar-refractivity contribution is -0.120. The van der Waals surface area contributed by atoms with E-state index in [1.165, 1.54) is 6.21 Å². The molecular weight excluding hydrogens is 458 g/mol. The monoisotopic (exact) mass is 479 g/mol. The molecule has 2 N–H and O–H groups in total. The molecular formula is C25H22ClN3O5. The SMILES string of the molecule is CCOc1cc(/C=N\NC(=O)CNC(=O)c2ccc(Cl)cc2)ccc1OC(=O)c1ccccc1. The summed E-state index contributed by atoms with van der Waals surface area (Å²) in [5, 5.41) is 6.89. The van der Waals surface area contributed by atoms with Gasteiger partial charge in [-0.05, 0) is 67.1 Å². The fourth-order valence-corrected chi connectivity index (χ4v) is 2.90. The summed E-state index contributed by atoms with van der Waals surface area (Å²) < 4.78 is 11.0. The summed E-state index contributed by atoms with van der Waals surface area (Å²) in [4.78, 5) is 36.3. The number of benzene rings is 3. The number of ether oxygens (including phenoxy) is 2. The van der Waals surface area contributed by atoms with Gasteiger partial charge in [0.05, 0.1) is 24.9 Å². The number of rotatable bonds is 9. The molecule has 0 aliphatic heterocycles. The predicted molar refractivity (Wildman–Crippen MR) is 129 cm³/mol. The highest BCUT2D eigenvalue weighted by atomic mass is 35.5. The third-order valence-corrected chi connectivity index (χ3v) is 4.65. The Morgan fingerprint density at radius 2 is 1.68 bits per heavy atom. The lowest BCUT2D eigenvalue weighted by Gasteiger charge is -2.11. The number of nitrogens with one attached hydrogen (secondary N) is 2. The fraction of sp³-hybridized carbons (Fsp3) is 0.120. The van der Waals surface area contributed by atoms with Crippen LogP contribution in [0.25, 0.3) is 0 Å². The molecule has 8 nitrogen and oxygen atoms in total. The van der Waals surface area contributed by atoms with Gasteiger partial charge in [-0.3, -0.25) is 9.59 Å². The summed E-state index contributed by atoms with van der Waals surface area (Å²) in [5.74, 6) is -0.787. The van der Waals surface area contributed by atoms with E-state index in [9.17, 15) is 14.4 Å². The largest absolute Gasteiger partial charge is 0.490 e. The van der Waals surface area contributed by atoms with Gasteiger partial charge in [-0.25, -0.2) is 10.2 Å². The van der Waals surface area contributed by atoms with Crippen LogP contribution < -0.4 is 20.2 Å². The number of esters is 1. The fourth-order valence-electron chi connectivity index (χ4n) is 2.77. The summed E-state index contributed by atoms with van der Waals surface area (Å²) in [6.45, 7) is 1.92. The Bertz CT molecular complexity index is 1180. The van der Waals surface area contributed by atoms with Crippen molar-refractivity contribution in [2.75, 3.05) is 13.2 Å². The van der Waals surface area contributed by atoms with Crippen molar-refractivity contribution in [1.82, 2.24) is 10.7 Å². The third-order valence-electron chi connectivity index (χ3n) is 4.40. The molecule has 0 saturated carbocycles. The minimum Gasteiger partial charge on any atom is -0.490 e. The molecule has 0 radical (unpaired) electrons. The predicted octanol–water partition coefficient (Wildman–Crippen LogP) is 3.84. The molecule has 9 heteroatoms. The van der Waals surface area contributed by atoms with Crippen LogP contribution in [0, 0.1) is 0 Å². The van der Waals surface area contributed by atoms with Crippen LogP contribution in [-0.4, -0.2) is 37.1 Å². The quantitative estimate of drug-likeness (QED) is 0.210. The van der Waals surface area contributed by atoms with Crippen molar-refractivity contribution >= 4 is 35.6 Å². The second kappa shape index (κ2) is 12.2. The van der Waals surface area contributed by atoms with Crippen molar-refractivity contribution in [1.29, 1.82) is 0 Å². The molecule has 3 aromatic carbocycles. The van der Waals surface area contributed by atoms with Gasteiger partial charge in [0.1, 0.15) is 0 Å². The normalized spacial score (nSPS) is 10.5. The zero-order valence-electron chi connectivity index (χ0n) is 18.3. The van der Waals surface area contributed by atoms with Crippen LogP contribution in [-0.2, 0) is 4.79 Å². The van der Waals surface area contributed by atoms with Crippen molar-refractivity contribution in [2.45, 2.75) is 6.92 Å². The molecule has 0 spiro atoms. The highest BCUT2D eigenvalue weighted by molar-refractivity contribution is 6.30. The van der Waals surface area contributed by atoms with E-state index in [0.29, 0.717) is 34.1 Å². The number of carbonyl (C=O) groups is 3. The molecule has 0 aromatic heterocycles. The first kappa shape index (κ1) is 24.5. The molecule has 0 heterocycles. The minimum atomic E-state index is -0.504. The van der Waals surface area contributed by atoms with Crippen LogP contribution in [0.4, 0.5) is 0 Å². The maximum Gasteiger partial charge on any atom is 0.343 e. The van der Waals surface area contributed by atoms with Gasteiger partial charge in [-0.1, -0.05) is 29.8 Å². The van der Waals surface area contributed by atoms with E-state index in [0.717, 1.165) is 0 Å². The second-order valence-electron chi connectivity index (χ2n) is 6.88. The average molecular weight is 480 g/mol. The Kier molecular flexibility index (Phi) is 8.76. The number of hydrogen-bond donors (Lipinski definition) is 2. The number of nitrogens with zero attached hydrogens (tertiary/aromatic N) is 1. The number of halogens is 1. The molecule has 0 atom stereocenters. The summed E-state index contributed by atoms with van der Waals surface area (Å²) in [6.07, 6.45) is 1.41. The van der Waals surface area contributed by atoms with Gasteiger partial charge in [-0.2, -0.15) is 5.10 Å². The molecule has 0 fully saturated rings. The van der Waals surface area contributed by atoms with E-state index in [1.807, 2.05) is 13.0 Å². The van der Waals surface area contributed by atoms with Crippen molar-refractivity contribution in [3.05, 3.63) is 94.5 Å². The molecule has 2 amide bonds. The molecule has 0 aliphatic rings. The van der Waals surface area contributed by atoms with Crippen LogP contribution in [0.1, 0.15) is 33.2 Å². The van der Waals surface area contributed by atoms with E-state index < -0.39 is 17.8 Å². The summed E-state index contributed by atoms with van der Waals surface area (Å²) in [6, 6.07) is 19.8. The standard InChI is InChI=1S/C25H22ClN3O5/c1-2-33-22-14-17(8-13-21(22)34-25(32)19-6-4-3-5-7-19)15-28-29-23(30)16-27-24(31)18-9-11-20(26)12-10-18/h3-15H,2,16H2,1H3,(H,27,31)(H,29,30)/b28-15-. The van der Waals surface area contributed by atoms with Crippen LogP contribution in [0.2, 0.25) is 5.02 Å². The molecule has 174 valence electrons. The number of hydrogen-bond acceptors (Lipinski definition) is 6. The molecule has 0 unspecified atom stereocenters. The van der Waals surface area contributed by atoms with Gasteiger partial charge in [0.2, 0.25) is 0 Å². The van der Waals surface area contributed by atoms with Gasteiger partial charge < -0.3 is 14.8 Å². The van der Waals surface area contributed by atoms with E-state index in [2.05, 4.69) is 15.8 Å². The zero-order valence-corrected chi connectivity index (χ0v) is 19.0. The average Bonchev–Trinajstić information content (AvgIpc) is 2.85. The Labute approximate surface area is 201 Å². The maximum absolute atomic E-state index is 12.3. The Balaban J connectivity index is 1.55. The first-order valence-corrected chi connectivity index (χ1v) is 10.7. The molecule has 0 bridgehead atoms. The van der Waals surface area contributed by atoms with Crippen LogP contribution >= 0.6 is 11.6 Å². The van der Waals surface area contributed by atoms with E-state index in [1.54, 1.807) is 66.7 Å². The maximum atomic E-state index is 12.3. The summed E-state index contributed by atoms with van der Waals surface area (Å²) in [7, 11) is 0. The highest BCUT2D eigenvalue weighted by Gasteiger charge is 2.13. The van der Waals surface area contributed by atoms with E-state index >= 15 is 0 Å². The molecule has 3 aromatic rings. The first-order chi connectivity index (χ1) is 16.5. The summed E-state index contributed by atoms with van der Waals surface area (Å²) in [5.41, 5.74) is 3.74. The topological polar surface area (TPSA) is 106 Å². The first-order valence-electron chi connectivity index (χ1n) is 10.4. The van der Waals surface area contributed by atoms with Crippen LogP contribution in [0.15, 0.2) is 77.9 Å². The van der Waals surface area contributed by atoms with E-state index in [4.69, 9.17) is 21.1 Å². The molecule has 0 saturated heterocycles. The molecule has 0 aliphatic carbocycles. The van der Waals surface area contributed by atoms with Crippen molar-refractivity contribution in [3.8, 4) is 11.5 Å². The smallest absolute Gasteiger partial charge is 0.343 e. The van der Waals surface area contributed by atoms with Crippen molar-refractivity contribution in [2.24, 2.45) is 5.10 Å². The van der Waals surface area contributed by atoms with Gasteiger partial charge in [0, 0.05) is 10.6 Å². The van der Waals surface area contributed by atoms with Gasteiger partial charge in [-0.15, -0.1) is 0 Å². The van der Waals surface area contributed by atoms with Gasteiger partial charge in [0.25, 0.3) is 11.8 Å². The van der Waals surface area contributed by atoms with Crippen LogP contribution in [0.5, 0.6) is 11.5 Å². The van der Waals surface area contributed by atoms with Crippen molar-refractivity contribution in [3.63, 3.8) is 0 Å². The van der Waals surface area contributed by atoms with Gasteiger partial charge >= 0.3 is 5.97 Å². The number of amides is 2. The lowest BCUT2D eigenvalue weighted by Crippen LogP contribution is -2.34. The summed E-state index contributed by atoms with van der Waals surface area (Å²) >= 11 is 5.79. The second-order valence-corrected chi connectivity index (χ2v) is 7.31. The Hall–Kier alpha value is -4.17. The Morgan fingerprint density at radius 3 is 2.38 bits per heavy atom. The molecule has 34 heavy (non-hydrogen) atoms. The Morgan fingerprint density at radius 1 is 0.941 bits per heavy atom.